The van der Waals surface area contributed by atoms with Crippen LogP contribution in [0.3, 0.4) is 0 Å². The summed E-state index contributed by atoms with van der Waals surface area (Å²) >= 11 is 0. The van der Waals surface area contributed by atoms with E-state index in [1.165, 1.54) is 25.3 Å². The summed E-state index contributed by atoms with van der Waals surface area (Å²) in [6.45, 7) is 4.32. The van der Waals surface area contributed by atoms with Crippen molar-refractivity contribution in [3.05, 3.63) is 35.4 Å². The van der Waals surface area contributed by atoms with Gasteiger partial charge in [0.05, 0.1) is 0 Å². The van der Waals surface area contributed by atoms with Crippen LogP contribution in [-0.2, 0) is 16.0 Å². The third-order valence-electron chi connectivity index (χ3n) is 4.71. The Morgan fingerprint density at radius 1 is 1.14 bits per heavy atom. The Kier molecular flexibility index (Phi) is 4.47. The van der Waals surface area contributed by atoms with Crippen LogP contribution in [0.15, 0.2) is 18.2 Å². The van der Waals surface area contributed by atoms with Gasteiger partial charge in [-0.3, -0.25) is 4.79 Å². The molecule has 0 radical (unpaired) electrons. The van der Waals surface area contributed by atoms with Crippen molar-refractivity contribution in [3.8, 4) is 0 Å². The van der Waals surface area contributed by atoms with Gasteiger partial charge in [-0.1, -0.05) is 19.9 Å². The molecule has 0 unspecified atom stereocenters. The van der Waals surface area contributed by atoms with Gasteiger partial charge < -0.3 is 4.74 Å². The summed E-state index contributed by atoms with van der Waals surface area (Å²) in [4.78, 5) is 12.6. The van der Waals surface area contributed by atoms with Crippen molar-refractivity contribution in [2.75, 3.05) is 7.11 Å². The van der Waals surface area contributed by atoms with E-state index in [1.54, 1.807) is 0 Å². The molecule has 4 heteroatoms. The van der Waals surface area contributed by atoms with Crippen LogP contribution in [-0.4, -0.2) is 18.5 Å². The molecule has 0 amide bonds. The molecule has 1 saturated carbocycles. The van der Waals surface area contributed by atoms with Crippen molar-refractivity contribution in [1.29, 1.82) is 0 Å². The standard InChI is InChI=1S/C17H22F2O2/c1-16(2)7-9-17(21-3,10-8-16)15(20)11-12-13(18)5-4-6-14(12)19/h4-6H,7-11H2,1-3H3. The van der Waals surface area contributed by atoms with Crippen LogP contribution >= 0.6 is 0 Å². The Hall–Kier alpha value is -1.29. The number of rotatable bonds is 4. The first-order valence-corrected chi connectivity index (χ1v) is 7.31. The first-order chi connectivity index (χ1) is 9.80. The monoisotopic (exact) mass is 296 g/mol. The van der Waals surface area contributed by atoms with Crippen molar-refractivity contribution in [2.45, 2.75) is 51.6 Å². The van der Waals surface area contributed by atoms with E-state index in [0.29, 0.717) is 12.8 Å². The third kappa shape index (κ3) is 3.31. The zero-order valence-corrected chi connectivity index (χ0v) is 12.8. The summed E-state index contributed by atoms with van der Waals surface area (Å²) in [6, 6.07) is 3.65. The molecule has 0 aliphatic heterocycles. The topological polar surface area (TPSA) is 26.3 Å². The zero-order chi connectivity index (χ0) is 15.7. The molecular formula is C17H22F2O2. The summed E-state index contributed by atoms with van der Waals surface area (Å²) in [7, 11) is 1.51. The lowest BCUT2D eigenvalue weighted by Crippen LogP contribution is -2.46. The van der Waals surface area contributed by atoms with Crippen LogP contribution in [0.25, 0.3) is 0 Å². The summed E-state index contributed by atoms with van der Waals surface area (Å²) in [6.07, 6.45) is 2.68. The van der Waals surface area contributed by atoms with Crippen LogP contribution in [0, 0.1) is 17.0 Å². The van der Waals surface area contributed by atoms with Gasteiger partial charge in [0.2, 0.25) is 0 Å². The molecule has 2 rings (SSSR count). The lowest BCUT2D eigenvalue weighted by atomic mass is 9.69. The summed E-state index contributed by atoms with van der Waals surface area (Å²) in [5.41, 5.74) is -0.876. The SMILES string of the molecule is COC1(C(=O)Cc2c(F)cccc2F)CCC(C)(C)CC1. The number of Topliss-reactive ketones (excluding diaryl/α,β-unsaturated/α-hetero) is 1. The van der Waals surface area contributed by atoms with E-state index in [1.807, 2.05) is 0 Å². The molecule has 1 aliphatic carbocycles. The second kappa shape index (κ2) is 5.84. The number of hydrogen-bond acceptors (Lipinski definition) is 2. The Morgan fingerprint density at radius 2 is 1.67 bits per heavy atom. The molecular weight excluding hydrogens is 274 g/mol. The number of carbonyl (C=O) groups excluding carboxylic acids is 1. The van der Waals surface area contributed by atoms with Gasteiger partial charge in [-0.05, 0) is 43.2 Å². The Labute approximate surface area is 124 Å². The molecule has 2 nitrogen and oxygen atoms in total. The Bertz CT molecular complexity index is 507. The maximum Gasteiger partial charge on any atom is 0.169 e. The van der Waals surface area contributed by atoms with Crippen LogP contribution in [0.1, 0.15) is 45.1 Å². The molecule has 1 fully saturated rings. The van der Waals surface area contributed by atoms with Crippen LogP contribution in [0.5, 0.6) is 0 Å². The smallest absolute Gasteiger partial charge is 0.169 e. The quantitative estimate of drug-likeness (QED) is 0.837. The lowest BCUT2D eigenvalue weighted by molar-refractivity contribution is -0.147. The number of benzene rings is 1. The summed E-state index contributed by atoms with van der Waals surface area (Å²) in [5, 5.41) is 0. The molecule has 0 saturated heterocycles. The summed E-state index contributed by atoms with van der Waals surface area (Å²) in [5.74, 6) is -1.58. The maximum absolute atomic E-state index is 13.7. The fraction of sp³-hybridized carbons (Fsp3) is 0.588. The van der Waals surface area contributed by atoms with Gasteiger partial charge in [0.25, 0.3) is 0 Å². The second-order valence-electron chi connectivity index (χ2n) is 6.66. The minimum absolute atomic E-state index is 0.163. The van der Waals surface area contributed by atoms with Gasteiger partial charge in [0.15, 0.2) is 5.78 Å². The van der Waals surface area contributed by atoms with Crippen molar-refractivity contribution >= 4 is 5.78 Å². The van der Waals surface area contributed by atoms with Gasteiger partial charge in [-0.25, -0.2) is 8.78 Å². The van der Waals surface area contributed by atoms with E-state index in [2.05, 4.69) is 13.8 Å². The van der Waals surface area contributed by atoms with Crippen molar-refractivity contribution < 1.29 is 18.3 Å². The molecule has 0 bridgehead atoms. The average Bonchev–Trinajstić information content (AvgIpc) is 2.43. The van der Waals surface area contributed by atoms with E-state index < -0.39 is 17.2 Å². The average molecular weight is 296 g/mol. The molecule has 0 N–H and O–H groups in total. The minimum atomic E-state index is -0.899. The highest BCUT2D eigenvalue weighted by molar-refractivity contribution is 5.89. The van der Waals surface area contributed by atoms with E-state index in [9.17, 15) is 13.6 Å². The maximum atomic E-state index is 13.7. The van der Waals surface area contributed by atoms with Crippen molar-refractivity contribution in [2.24, 2.45) is 5.41 Å². The molecule has 0 atom stereocenters. The third-order valence-corrected chi connectivity index (χ3v) is 4.71. The van der Waals surface area contributed by atoms with Gasteiger partial charge >= 0.3 is 0 Å². The van der Waals surface area contributed by atoms with Gasteiger partial charge in [-0.2, -0.15) is 0 Å². The van der Waals surface area contributed by atoms with E-state index in [4.69, 9.17) is 4.74 Å². The number of halogens is 2. The second-order valence-corrected chi connectivity index (χ2v) is 6.66. The first kappa shape index (κ1) is 16.1. The highest BCUT2D eigenvalue weighted by Crippen LogP contribution is 2.42. The molecule has 116 valence electrons. The lowest BCUT2D eigenvalue weighted by Gasteiger charge is -2.41. The molecule has 0 spiro atoms. The highest BCUT2D eigenvalue weighted by atomic mass is 19.1. The predicted octanol–water partition coefficient (Wildman–Crippen LogP) is 4.06. The van der Waals surface area contributed by atoms with Crippen LogP contribution < -0.4 is 0 Å². The van der Waals surface area contributed by atoms with Crippen molar-refractivity contribution in [1.82, 2.24) is 0 Å². The van der Waals surface area contributed by atoms with E-state index in [-0.39, 0.29) is 23.2 Å². The molecule has 0 aromatic heterocycles. The molecule has 1 aromatic carbocycles. The van der Waals surface area contributed by atoms with Crippen LogP contribution in [0.2, 0.25) is 0 Å². The largest absolute Gasteiger partial charge is 0.370 e. The number of ketones is 1. The highest BCUT2D eigenvalue weighted by Gasteiger charge is 2.44. The Morgan fingerprint density at radius 3 is 2.14 bits per heavy atom. The molecule has 0 heterocycles. The molecule has 21 heavy (non-hydrogen) atoms. The molecule has 1 aliphatic rings. The van der Waals surface area contributed by atoms with Gasteiger partial charge in [0.1, 0.15) is 17.2 Å². The van der Waals surface area contributed by atoms with E-state index in [0.717, 1.165) is 12.8 Å². The number of hydrogen-bond donors (Lipinski definition) is 0. The first-order valence-electron chi connectivity index (χ1n) is 7.31. The van der Waals surface area contributed by atoms with Gasteiger partial charge in [0, 0.05) is 19.1 Å². The minimum Gasteiger partial charge on any atom is -0.370 e. The predicted molar refractivity (Wildman–Crippen MR) is 77.1 cm³/mol. The fourth-order valence-corrected chi connectivity index (χ4v) is 2.95. The zero-order valence-electron chi connectivity index (χ0n) is 12.8. The van der Waals surface area contributed by atoms with Gasteiger partial charge in [-0.15, -0.1) is 0 Å². The summed E-state index contributed by atoms with van der Waals surface area (Å²) < 4.78 is 32.9. The normalized spacial score (nSPS) is 20.2. The Balaban J connectivity index is 2.18. The van der Waals surface area contributed by atoms with E-state index >= 15 is 0 Å². The number of ether oxygens (including phenoxy) is 1. The fourth-order valence-electron chi connectivity index (χ4n) is 2.95. The molecule has 1 aromatic rings. The number of carbonyl (C=O) groups is 1. The number of methoxy groups -OCH3 is 1. The van der Waals surface area contributed by atoms with Crippen molar-refractivity contribution in [3.63, 3.8) is 0 Å². The van der Waals surface area contributed by atoms with Crippen LogP contribution in [0.4, 0.5) is 8.78 Å².